The first-order chi connectivity index (χ1) is 15.0. The van der Waals surface area contributed by atoms with Gasteiger partial charge in [-0.3, -0.25) is 19.4 Å². The summed E-state index contributed by atoms with van der Waals surface area (Å²) >= 11 is 6.20. The van der Waals surface area contributed by atoms with E-state index < -0.39 is 5.41 Å². The lowest BCUT2D eigenvalue weighted by Crippen LogP contribution is -2.47. The number of benzene rings is 1. The molecular formula is C23H25ClN4O3. The molecule has 162 valence electrons. The lowest BCUT2D eigenvalue weighted by atomic mass is 9.73. The van der Waals surface area contributed by atoms with E-state index in [1.54, 1.807) is 18.1 Å². The number of likely N-dealkylation sites (tertiary alicyclic amines) is 1. The van der Waals surface area contributed by atoms with Crippen molar-refractivity contribution in [2.75, 3.05) is 43.5 Å². The van der Waals surface area contributed by atoms with Gasteiger partial charge in [-0.1, -0.05) is 11.6 Å². The van der Waals surface area contributed by atoms with E-state index in [9.17, 15) is 9.59 Å². The fourth-order valence-electron chi connectivity index (χ4n) is 4.91. The van der Waals surface area contributed by atoms with Crippen LogP contribution in [0.5, 0.6) is 5.75 Å². The molecule has 1 spiro atoms. The molecule has 1 N–H and O–H groups in total. The van der Waals surface area contributed by atoms with Crippen molar-refractivity contribution < 1.29 is 14.3 Å². The Balaban J connectivity index is 1.17. The van der Waals surface area contributed by atoms with Crippen molar-refractivity contribution in [3.05, 3.63) is 46.6 Å². The molecule has 7 nitrogen and oxygen atoms in total. The summed E-state index contributed by atoms with van der Waals surface area (Å²) in [6.07, 6.45) is 4.43. The Morgan fingerprint density at radius 1 is 1.19 bits per heavy atom. The van der Waals surface area contributed by atoms with E-state index in [4.69, 9.17) is 16.3 Å². The maximum Gasteiger partial charge on any atom is 0.235 e. The minimum absolute atomic E-state index is 0.0873. The molecule has 3 aliphatic rings. The minimum atomic E-state index is -0.469. The molecular weight excluding hydrogens is 416 g/mol. The number of anilines is 2. The summed E-state index contributed by atoms with van der Waals surface area (Å²) in [6.45, 7) is 3.00. The van der Waals surface area contributed by atoms with Gasteiger partial charge in [0, 0.05) is 30.7 Å². The van der Waals surface area contributed by atoms with Gasteiger partial charge >= 0.3 is 0 Å². The van der Waals surface area contributed by atoms with Gasteiger partial charge in [0.05, 0.1) is 11.6 Å². The standard InChI is InChI=1S/C23H25ClN4O3/c1-27-20(29)5-2-15-12-17(14-25-21(15)27)31-11-10-28-8-6-23(7-9-28)18-13-16(24)3-4-19(18)26-22(23)30/h3-4,12-14H,2,5-11H2,1H3,(H,26,30). The van der Waals surface area contributed by atoms with Crippen molar-refractivity contribution in [1.29, 1.82) is 0 Å². The fraction of sp³-hybridized carbons (Fsp3) is 0.435. The average molecular weight is 441 g/mol. The van der Waals surface area contributed by atoms with E-state index in [0.717, 1.165) is 60.9 Å². The molecule has 31 heavy (non-hydrogen) atoms. The van der Waals surface area contributed by atoms with Crippen LogP contribution >= 0.6 is 11.6 Å². The molecule has 1 saturated heterocycles. The van der Waals surface area contributed by atoms with E-state index in [1.807, 2.05) is 24.3 Å². The van der Waals surface area contributed by atoms with Gasteiger partial charge < -0.3 is 10.1 Å². The fourth-order valence-corrected chi connectivity index (χ4v) is 5.08. The molecule has 0 saturated carbocycles. The van der Waals surface area contributed by atoms with E-state index in [0.29, 0.717) is 24.5 Å². The first-order valence-corrected chi connectivity index (χ1v) is 11.1. The summed E-state index contributed by atoms with van der Waals surface area (Å²) in [5, 5.41) is 3.69. The third-order valence-electron chi connectivity index (χ3n) is 6.78. The number of aryl methyl sites for hydroxylation is 1. The number of carbonyl (C=O) groups excluding carboxylic acids is 2. The number of nitrogens with zero attached hydrogens (tertiary/aromatic N) is 3. The molecule has 1 fully saturated rings. The number of piperidine rings is 1. The highest BCUT2D eigenvalue weighted by Gasteiger charge is 2.48. The lowest BCUT2D eigenvalue weighted by molar-refractivity contribution is -0.122. The number of hydrogen-bond donors (Lipinski definition) is 1. The molecule has 1 aromatic heterocycles. The average Bonchev–Trinajstić information content (AvgIpc) is 3.03. The van der Waals surface area contributed by atoms with Gasteiger partial charge in [-0.2, -0.15) is 0 Å². The Morgan fingerprint density at radius 3 is 2.81 bits per heavy atom. The minimum Gasteiger partial charge on any atom is -0.491 e. The third kappa shape index (κ3) is 3.55. The topological polar surface area (TPSA) is 74.8 Å². The van der Waals surface area contributed by atoms with E-state index >= 15 is 0 Å². The van der Waals surface area contributed by atoms with Crippen molar-refractivity contribution in [3.63, 3.8) is 0 Å². The van der Waals surface area contributed by atoms with Gasteiger partial charge in [-0.15, -0.1) is 0 Å². The number of rotatable bonds is 4. The Labute approximate surface area is 186 Å². The Morgan fingerprint density at radius 2 is 2.00 bits per heavy atom. The van der Waals surface area contributed by atoms with Crippen LogP contribution < -0.4 is 15.0 Å². The van der Waals surface area contributed by atoms with Crippen molar-refractivity contribution in [2.45, 2.75) is 31.1 Å². The monoisotopic (exact) mass is 440 g/mol. The van der Waals surface area contributed by atoms with Crippen LogP contribution in [0.4, 0.5) is 11.5 Å². The highest BCUT2D eigenvalue weighted by molar-refractivity contribution is 6.31. The maximum absolute atomic E-state index is 12.8. The maximum atomic E-state index is 12.8. The van der Waals surface area contributed by atoms with Gasteiger partial charge in [0.15, 0.2) is 0 Å². The molecule has 0 atom stereocenters. The largest absolute Gasteiger partial charge is 0.491 e. The smallest absolute Gasteiger partial charge is 0.235 e. The van der Waals surface area contributed by atoms with Gasteiger partial charge in [-0.25, -0.2) is 4.98 Å². The molecule has 0 aliphatic carbocycles. The zero-order chi connectivity index (χ0) is 21.6. The summed E-state index contributed by atoms with van der Waals surface area (Å²) in [6, 6.07) is 7.63. The molecule has 0 bridgehead atoms. The van der Waals surface area contributed by atoms with Crippen LogP contribution in [0.1, 0.15) is 30.4 Å². The van der Waals surface area contributed by atoms with Crippen LogP contribution in [0.25, 0.3) is 0 Å². The quantitative estimate of drug-likeness (QED) is 0.791. The summed E-state index contributed by atoms with van der Waals surface area (Å²) < 4.78 is 5.94. The number of nitrogens with one attached hydrogen (secondary N) is 1. The second kappa shape index (κ2) is 7.80. The van der Waals surface area contributed by atoms with Gasteiger partial charge in [0.2, 0.25) is 11.8 Å². The van der Waals surface area contributed by atoms with Crippen molar-refractivity contribution >= 4 is 34.9 Å². The third-order valence-corrected chi connectivity index (χ3v) is 7.02. The number of carbonyl (C=O) groups is 2. The molecule has 3 aliphatic heterocycles. The number of pyridine rings is 1. The second-order valence-electron chi connectivity index (χ2n) is 8.52. The first kappa shape index (κ1) is 20.3. The lowest BCUT2D eigenvalue weighted by Gasteiger charge is -2.38. The zero-order valence-corrected chi connectivity index (χ0v) is 18.2. The molecule has 1 aromatic carbocycles. The molecule has 8 heteroatoms. The number of amides is 2. The number of halogens is 1. The normalized spacial score (nSPS) is 19.9. The predicted molar refractivity (Wildman–Crippen MR) is 119 cm³/mol. The molecule has 4 heterocycles. The molecule has 0 unspecified atom stereocenters. The van der Waals surface area contributed by atoms with Crippen molar-refractivity contribution in [3.8, 4) is 5.75 Å². The van der Waals surface area contributed by atoms with Crippen LogP contribution in [0.15, 0.2) is 30.5 Å². The summed E-state index contributed by atoms with van der Waals surface area (Å²) in [4.78, 5) is 32.9. The molecule has 2 aromatic rings. The zero-order valence-electron chi connectivity index (χ0n) is 17.5. The summed E-state index contributed by atoms with van der Waals surface area (Å²) in [7, 11) is 1.76. The van der Waals surface area contributed by atoms with Crippen LogP contribution in [0.3, 0.4) is 0 Å². The van der Waals surface area contributed by atoms with Crippen molar-refractivity contribution in [2.24, 2.45) is 0 Å². The van der Waals surface area contributed by atoms with Gasteiger partial charge in [-0.05, 0) is 67.7 Å². The molecule has 5 rings (SSSR count). The number of aromatic nitrogens is 1. The second-order valence-corrected chi connectivity index (χ2v) is 8.96. The van der Waals surface area contributed by atoms with Gasteiger partial charge in [0.1, 0.15) is 18.2 Å². The van der Waals surface area contributed by atoms with E-state index in [1.165, 1.54) is 0 Å². The van der Waals surface area contributed by atoms with E-state index in [-0.39, 0.29) is 11.8 Å². The SMILES string of the molecule is CN1C(=O)CCc2cc(OCCN3CCC4(CC3)C(=O)Nc3ccc(Cl)cc34)cnc21. The van der Waals surface area contributed by atoms with E-state index in [2.05, 4.69) is 15.2 Å². The highest BCUT2D eigenvalue weighted by atomic mass is 35.5. The summed E-state index contributed by atoms with van der Waals surface area (Å²) in [5.41, 5.74) is 2.50. The highest BCUT2D eigenvalue weighted by Crippen LogP contribution is 2.45. The van der Waals surface area contributed by atoms with Crippen LogP contribution in [-0.4, -0.2) is 55.0 Å². The van der Waals surface area contributed by atoms with Crippen LogP contribution in [-0.2, 0) is 21.4 Å². The first-order valence-electron chi connectivity index (χ1n) is 10.7. The number of ether oxygens (including phenoxy) is 1. The Bertz CT molecular complexity index is 1050. The molecule has 2 amide bonds. The predicted octanol–water partition coefficient (Wildman–Crippen LogP) is 3.01. The van der Waals surface area contributed by atoms with Crippen LogP contribution in [0.2, 0.25) is 5.02 Å². The Kier molecular flexibility index (Phi) is 5.10. The molecule has 0 radical (unpaired) electrons. The van der Waals surface area contributed by atoms with Crippen LogP contribution in [0, 0.1) is 0 Å². The number of hydrogen-bond acceptors (Lipinski definition) is 5. The summed E-state index contributed by atoms with van der Waals surface area (Å²) in [5.74, 6) is 1.63. The number of fused-ring (bicyclic) bond motifs is 3. The van der Waals surface area contributed by atoms with Crippen molar-refractivity contribution in [1.82, 2.24) is 9.88 Å². The Hall–Kier alpha value is -2.64. The van der Waals surface area contributed by atoms with Gasteiger partial charge in [0.25, 0.3) is 0 Å².